The number of benzene rings is 3. The van der Waals surface area contributed by atoms with Gasteiger partial charge in [-0.15, -0.1) is 0 Å². The zero-order valence-corrected chi connectivity index (χ0v) is 18.8. The van der Waals surface area contributed by atoms with Crippen LogP contribution in [0.5, 0.6) is 0 Å². The summed E-state index contributed by atoms with van der Waals surface area (Å²) in [6, 6.07) is 16.5. The van der Waals surface area contributed by atoms with E-state index >= 15 is 0 Å². The molecule has 1 fully saturated rings. The van der Waals surface area contributed by atoms with Crippen LogP contribution in [0.3, 0.4) is 0 Å². The van der Waals surface area contributed by atoms with Gasteiger partial charge in [0.2, 0.25) is 0 Å². The average molecular weight is 516 g/mol. The van der Waals surface area contributed by atoms with Gasteiger partial charge in [-0.1, -0.05) is 64.0 Å². The van der Waals surface area contributed by atoms with Crippen molar-refractivity contribution in [2.45, 2.75) is 19.1 Å². The lowest BCUT2D eigenvalue weighted by Gasteiger charge is -2.26. The van der Waals surface area contributed by atoms with Gasteiger partial charge in [0.05, 0.1) is 17.2 Å². The molecule has 3 aromatic carbocycles. The van der Waals surface area contributed by atoms with Crippen molar-refractivity contribution >= 4 is 39.1 Å². The number of Topliss-reactive ketones (excluding diaryl/α,β-unsaturated/α-hetero) is 1. The summed E-state index contributed by atoms with van der Waals surface area (Å²) in [4.78, 5) is 27.1. The second kappa shape index (κ2) is 8.51. The van der Waals surface area contributed by atoms with Crippen LogP contribution in [0.1, 0.15) is 28.3 Å². The molecule has 1 atom stereocenters. The van der Waals surface area contributed by atoms with Gasteiger partial charge in [0.15, 0.2) is 0 Å². The summed E-state index contributed by atoms with van der Waals surface area (Å²) < 4.78 is 40.7. The van der Waals surface area contributed by atoms with Crippen molar-refractivity contribution in [1.29, 1.82) is 0 Å². The van der Waals surface area contributed by atoms with Gasteiger partial charge in [0.1, 0.15) is 5.76 Å². The van der Waals surface area contributed by atoms with Crippen LogP contribution in [-0.2, 0) is 15.8 Å². The van der Waals surface area contributed by atoms with Crippen molar-refractivity contribution in [2.75, 3.05) is 4.90 Å². The number of aliphatic hydroxyl groups excluding tert-OH is 1. The van der Waals surface area contributed by atoms with E-state index in [1.54, 1.807) is 48.5 Å². The molecular formula is C25H17BrF3NO3. The third-order valence-corrected chi connectivity index (χ3v) is 5.94. The molecule has 0 bridgehead atoms. The van der Waals surface area contributed by atoms with E-state index in [2.05, 4.69) is 15.9 Å². The summed E-state index contributed by atoms with van der Waals surface area (Å²) in [7, 11) is 0. The number of carbonyl (C=O) groups is 2. The van der Waals surface area contributed by atoms with E-state index in [0.29, 0.717) is 11.1 Å². The van der Waals surface area contributed by atoms with Gasteiger partial charge < -0.3 is 5.11 Å². The Morgan fingerprint density at radius 3 is 2.21 bits per heavy atom. The first-order chi connectivity index (χ1) is 15.6. The fourth-order valence-electron chi connectivity index (χ4n) is 3.76. The molecule has 4 rings (SSSR count). The molecule has 1 saturated heterocycles. The lowest BCUT2D eigenvalue weighted by molar-refractivity contribution is -0.137. The second-order valence-electron chi connectivity index (χ2n) is 7.63. The number of hydrogen-bond donors (Lipinski definition) is 1. The minimum absolute atomic E-state index is 0.0904. The van der Waals surface area contributed by atoms with Crippen molar-refractivity contribution in [3.8, 4) is 0 Å². The summed E-state index contributed by atoms with van der Waals surface area (Å²) >= 11 is 3.30. The monoisotopic (exact) mass is 515 g/mol. The first-order valence-electron chi connectivity index (χ1n) is 9.88. The maximum Gasteiger partial charge on any atom is 0.416 e. The lowest BCUT2D eigenvalue weighted by atomic mass is 9.94. The number of rotatable bonds is 3. The number of alkyl halides is 3. The maximum absolute atomic E-state index is 13.3. The topological polar surface area (TPSA) is 57.6 Å². The van der Waals surface area contributed by atoms with Gasteiger partial charge in [-0.3, -0.25) is 14.5 Å². The van der Waals surface area contributed by atoms with Crippen LogP contribution in [0, 0.1) is 6.92 Å². The Labute approximate surface area is 196 Å². The molecule has 33 heavy (non-hydrogen) atoms. The molecule has 1 N–H and O–H groups in total. The van der Waals surface area contributed by atoms with E-state index in [1.807, 2.05) is 6.92 Å². The Kier molecular flexibility index (Phi) is 5.88. The van der Waals surface area contributed by atoms with Crippen molar-refractivity contribution in [1.82, 2.24) is 0 Å². The van der Waals surface area contributed by atoms with Crippen LogP contribution in [0.2, 0.25) is 0 Å². The fraction of sp³-hybridized carbons (Fsp3) is 0.120. The third-order valence-electron chi connectivity index (χ3n) is 5.41. The summed E-state index contributed by atoms with van der Waals surface area (Å²) in [6.07, 6.45) is -4.62. The van der Waals surface area contributed by atoms with Crippen molar-refractivity contribution in [3.05, 3.63) is 105 Å². The molecule has 0 spiro atoms. The predicted octanol–water partition coefficient (Wildman–Crippen LogP) is 6.40. The Hall–Kier alpha value is -3.39. The molecule has 1 aliphatic heterocycles. The standard InChI is InChI=1S/C25H17BrF3NO3/c1-14-5-7-15(8-6-14)21-20(22(31)16-9-11-18(26)12-10-16)23(32)24(33)30(21)19-4-2-3-17(13-19)25(27,28)29/h2-13,21,31H,1H3/b22-20+. The summed E-state index contributed by atoms with van der Waals surface area (Å²) in [5.74, 6) is -2.39. The largest absolute Gasteiger partial charge is 0.507 e. The Morgan fingerprint density at radius 2 is 1.61 bits per heavy atom. The van der Waals surface area contributed by atoms with E-state index in [4.69, 9.17) is 0 Å². The van der Waals surface area contributed by atoms with E-state index in [1.165, 1.54) is 12.1 Å². The molecule has 0 aliphatic carbocycles. The SMILES string of the molecule is Cc1ccc(C2/C(=C(\O)c3ccc(Br)cc3)C(=O)C(=O)N2c2cccc(C(F)(F)F)c2)cc1. The van der Waals surface area contributed by atoms with Crippen LogP contribution in [0.15, 0.2) is 82.8 Å². The fourth-order valence-corrected chi connectivity index (χ4v) is 4.02. The smallest absolute Gasteiger partial charge is 0.416 e. The van der Waals surface area contributed by atoms with Gasteiger partial charge in [0, 0.05) is 15.7 Å². The number of aliphatic hydroxyl groups is 1. The summed E-state index contributed by atoms with van der Waals surface area (Å²) in [5, 5.41) is 11.0. The number of halogens is 4. The van der Waals surface area contributed by atoms with Gasteiger partial charge >= 0.3 is 6.18 Å². The third kappa shape index (κ3) is 4.30. The molecule has 8 heteroatoms. The molecule has 1 aliphatic rings. The van der Waals surface area contributed by atoms with Crippen molar-refractivity contribution in [2.24, 2.45) is 0 Å². The molecule has 168 valence electrons. The minimum Gasteiger partial charge on any atom is -0.507 e. The number of anilines is 1. The van der Waals surface area contributed by atoms with Crippen LogP contribution in [0.25, 0.3) is 5.76 Å². The number of nitrogens with zero attached hydrogens (tertiary/aromatic N) is 1. The molecule has 0 radical (unpaired) electrons. The molecular weight excluding hydrogens is 499 g/mol. The number of ketones is 1. The zero-order chi connectivity index (χ0) is 23.9. The van der Waals surface area contributed by atoms with Gasteiger partial charge in [0.25, 0.3) is 11.7 Å². The average Bonchev–Trinajstić information content (AvgIpc) is 3.04. The van der Waals surface area contributed by atoms with Crippen molar-refractivity contribution in [3.63, 3.8) is 0 Å². The zero-order valence-electron chi connectivity index (χ0n) is 17.2. The molecule has 0 saturated carbocycles. The molecule has 3 aromatic rings. The highest BCUT2D eigenvalue weighted by atomic mass is 79.9. The molecule has 1 unspecified atom stereocenters. The van der Waals surface area contributed by atoms with Gasteiger partial charge in [-0.2, -0.15) is 13.2 Å². The highest BCUT2D eigenvalue weighted by Gasteiger charge is 2.47. The number of amides is 1. The van der Waals surface area contributed by atoms with Gasteiger partial charge in [-0.05, 0) is 42.8 Å². The normalized spacial score (nSPS) is 18.1. The number of hydrogen-bond acceptors (Lipinski definition) is 3. The summed E-state index contributed by atoms with van der Waals surface area (Å²) in [6.45, 7) is 1.86. The number of aryl methyl sites for hydroxylation is 1. The molecule has 1 heterocycles. The number of carbonyl (C=O) groups excluding carboxylic acids is 2. The minimum atomic E-state index is -4.62. The van der Waals surface area contributed by atoms with Crippen molar-refractivity contribution < 1.29 is 27.9 Å². The molecule has 0 aromatic heterocycles. The van der Waals surface area contributed by atoms with Crippen LogP contribution >= 0.6 is 15.9 Å². The predicted molar refractivity (Wildman–Crippen MR) is 122 cm³/mol. The van der Waals surface area contributed by atoms with Crippen LogP contribution < -0.4 is 4.90 Å². The van der Waals surface area contributed by atoms with Gasteiger partial charge in [-0.25, -0.2) is 0 Å². The quantitative estimate of drug-likeness (QED) is 0.249. The molecule has 1 amide bonds. The van der Waals surface area contributed by atoms with Crippen LogP contribution in [0.4, 0.5) is 18.9 Å². The highest BCUT2D eigenvalue weighted by molar-refractivity contribution is 9.10. The van der Waals surface area contributed by atoms with E-state index in [0.717, 1.165) is 27.1 Å². The van der Waals surface area contributed by atoms with Crippen LogP contribution in [-0.4, -0.2) is 16.8 Å². The lowest BCUT2D eigenvalue weighted by Crippen LogP contribution is -2.29. The molecule has 4 nitrogen and oxygen atoms in total. The Balaban J connectivity index is 1.94. The Bertz CT molecular complexity index is 1270. The maximum atomic E-state index is 13.3. The first-order valence-corrected chi connectivity index (χ1v) is 10.7. The summed E-state index contributed by atoms with van der Waals surface area (Å²) in [5.41, 5.74) is 0.476. The Morgan fingerprint density at radius 1 is 0.970 bits per heavy atom. The van der Waals surface area contributed by atoms with E-state index in [-0.39, 0.29) is 11.3 Å². The first kappa shape index (κ1) is 22.8. The van der Waals surface area contributed by atoms with E-state index in [9.17, 15) is 27.9 Å². The van der Waals surface area contributed by atoms with E-state index < -0.39 is 35.2 Å². The highest BCUT2D eigenvalue weighted by Crippen LogP contribution is 2.43. The second-order valence-corrected chi connectivity index (χ2v) is 8.55.